The number of pyridine rings is 1. The first-order chi connectivity index (χ1) is 12.4. The zero-order chi connectivity index (χ0) is 19.2. The summed E-state index contributed by atoms with van der Waals surface area (Å²) in [7, 11) is -3.97. The van der Waals surface area contributed by atoms with Crippen molar-refractivity contribution in [1.29, 1.82) is 0 Å². The van der Waals surface area contributed by atoms with Crippen molar-refractivity contribution in [2.75, 3.05) is 11.3 Å². The summed E-state index contributed by atoms with van der Waals surface area (Å²) in [5.74, 6) is 0.0250. The van der Waals surface area contributed by atoms with E-state index < -0.39 is 15.9 Å². The van der Waals surface area contributed by atoms with Crippen LogP contribution in [-0.2, 0) is 10.0 Å². The smallest absolute Gasteiger partial charge is 0.262 e. The molecule has 1 amide bonds. The van der Waals surface area contributed by atoms with Gasteiger partial charge in [0.1, 0.15) is 10.6 Å². The summed E-state index contributed by atoms with van der Waals surface area (Å²) in [5.41, 5.74) is 0.349. The van der Waals surface area contributed by atoms with E-state index in [1.165, 1.54) is 30.6 Å². The van der Waals surface area contributed by atoms with Crippen LogP contribution in [0.3, 0.4) is 0 Å². The van der Waals surface area contributed by atoms with E-state index >= 15 is 0 Å². The number of benzene rings is 1. The third-order valence-electron chi connectivity index (χ3n) is 3.69. The molecule has 26 heavy (non-hydrogen) atoms. The van der Waals surface area contributed by atoms with Gasteiger partial charge < -0.3 is 10.1 Å². The molecule has 0 bridgehead atoms. The third-order valence-corrected chi connectivity index (χ3v) is 5.13. The van der Waals surface area contributed by atoms with Crippen molar-refractivity contribution < 1.29 is 17.9 Å². The summed E-state index contributed by atoms with van der Waals surface area (Å²) in [6, 6.07) is 7.56. The molecule has 0 spiro atoms. The van der Waals surface area contributed by atoms with Gasteiger partial charge in [0, 0.05) is 12.1 Å². The summed E-state index contributed by atoms with van der Waals surface area (Å²) >= 11 is 0. The maximum atomic E-state index is 12.8. The fourth-order valence-corrected chi connectivity index (χ4v) is 3.46. The van der Waals surface area contributed by atoms with Crippen molar-refractivity contribution in [3.63, 3.8) is 0 Å². The maximum Gasteiger partial charge on any atom is 0.262 e. The van der Waals surface area contributed by atoms with E-state index in [-0.39, 0.29) is 22.2 Å². The Kier molecular flexibility index (Phi) is 6.57. The van der Waals surface area contributed by atoms with Gasteiger partial charge in [-0.15, -0.1) is 0 Å². The zero-order valence-electron chi connectivity index (χ0n) is 15.0. The van der Waals surface area contributed by atoms with Gasteiger partial charge in [-0.2, -0.15) is 0 Å². The van der Waals surface area contributed by atoms with Crippen LogP contribution in [0.5, 0.6) is 5.75 Å². The first-order valence-electron chi connectivity index (χ1n) is 8.38. The van der Waals surface area contributed by atoms with Gasteiger partial charge in [0.25, 0.3) is 15.9 Å². The number of amides is 1. The highest BCUT2D eigenvalue weighted by Crippen LogP contribution is 2.22. The molecule has 0 saturated heterocycles. The Hall–Kier alpha value is -2.61. The fourth-order valence-electron chi connectivity index (χ4n) is 2.22. The molecule has 0 saturated carbocycles. The van der Waals surface area contributed by atoms with E-state index in [1.807, 2.05) is 20.8 Å². The molecule has 0 radical (unpaired) electrons. The highest BCUT2D eigenvalue weighted by molar-refractivity contribution is 7.92. The molecule has 140 valence electrons. The zero-order valence-corrected chi connectivity index (χ0v) is 15.8. The standard InChI is InChI=1S/C18H23N3O4S/c1-4-13(3)20-18(22)16-8-6-7-9-17(16)26(23,24)21-14-10-15(25-5-2)12-19-11-14/h6-13,21H,4-5H2,1-3H3,(H,20,22). The maximum absolute atomic E-state index is 12.8. The molecule has 1 aromatic carbocycles. The minimum absolute atomic E-state index is 0.0571. The number of hydrogen-bond acceptors (Lipinski definition) is 5. The van der Waals surface area contributed by atoms with Gasteiger partial charge in [0.05, 0.1) is 30.3 Å². The van der Waals surface area contributed by atoms with Crippen LogP contribution in [0, 0.1) is 0 Å². The lowest BCUT2D eigenvalue weighted by Gasteiger charge is -2.15. The van der Waals surface area contributed by atoms with Crippen molar-refractivity contribution in [3.05, 3.63) is 48.3 Å². The van der Waals surface area contributed by atoms with Crippen LogP contribution < -0.4 is 14.8 Å². The van der Waals surface area contributed by atoms with E-state index in [1.54, 1.807) is 12.1 Å². The third kappa shape index (κ3) is 4.95. The van der Waals surface area contributed by atoms with E-state index in [2.05, 4.69) is 15.0 Å². The number of carbonyl (C=O) groups excluding carboxylic acids is 1. The van der Waals surface area contributed by atoms with Crippen LogP contribution in [0.1, 0.15) is 37.6 Å². The number of carbonyl (C=O) groups is 1. The molecule has 1 aromatic heterocycles. The molecular formula is C18H23N3O4S. The van der Waals surface area contributed by atoms with Crippen LogP contribution >= 0.6 is 0 Å². The van der Waals surface area contributed by atoms with Crippen LogP contribution in [0.2, 0.25) is 0 Å². The number of rotatable bonds is 8. The molecule has 2 N–H and O–H groups in total. The molecule has 0 aliphatic heterocycles. The Morgan fingerprint density at radius 1 is 1.23 bits per heavy atom. The molecule has 0 aliphatic carbocycles. The van der Waals surface area contributed by atoms with Crippen LogP contribution in [0.15, 0.2) is 47.6 Å². The van der Waals surface area contributed by atoms with Gasteiger partial charge in [-0.1, -0.05) is 19.1 Å². The molecule has 0 aliphatic rings. The summed E-state index contributed by atoms with van der Waals surface area (Å²) in [6.07, 6.45) is 3.62. The number of nitrogens with one attached hydrogen (secondary N) is 2. The quantitative estimate of drug-likeness (QED) is 0.737. The highest BCUT2D eigenvalue weighted by atomic mass is 32.2. The second kappa shape index (κ2) is 8.66. The van der Waals surface area contributed by atoms with E-state index in [9.17, 15) is 13.2 Å². The largest absolute Gasteiger partial charge is 0.492 e. The lowest BCUT2D eigenvalue weighted by Crippen LogP contribution is -2.33. The minimum Gasteiger partial charge on any atom is -0.492 e. The normalized spacial score (nSPS) is 12.3. The molecule has 0 fully saturated rings. The first-order valence-corrected chi connectivity index (χ1v) is 9.86. The van der Waals surface area contributed by atoms with Gasteiger partial charge in [-0.05, 0) is 32.4 Å². The summed E-state index contributed by atoms with van der Waals surface area (Å²) in [5, 5.41) is 2.78. The predicted octanol–water partition coefficient (Wildman–Crippen LogP) is 2.81. The monoisotopic (exact) mass is 377 g/mol. The fraction of sp³-hybridized carbons (Fsp3) is 0.333. The lowest BCUT2D eigenvalue weighted by atomic mass is 10.2. The van der Waals surface area contributed by atoms with Crippen molar-refractivity contribution >= 4 is 21.6 Å². The number of aromatic nitrogens is 1. The molecule has 2 aromatic rings. The molecule has 1 unspecified atom stereocenters. The Balaban J connectivity index is 2.32. The van der Waals surface area contributed by atoms with Crippen LogP contribution in [0.4, 0.5) is 5.69 Å². The van der Waals surface area contributed by atoms with Crippen molar-refractivity contribution in [2.45, 2.75) is 38.1 Å². The summed E-state index contributed by atoms with van der Waals surface area (Å²) in [6.45, 7) is 6.06. The topological polar surface area (TPSA) is 97.4 Å². The van der Waals surface area contributed by atoms with Gasteiger partial charge in [0.15, 0.2) is 0 Å². The lowest BCUT2D eigenvalue weighted by molar-refractivity contribution is 0.0936. The molecule has 2 rings (SSSR count). The Morgan fingerprint density at radius 2 is 1.96 bits per heavy atom. The molecule has 1 heterocycles. The molecule has 7 nitrogen and oxygen atoms in total. The Morgan fingerprint density at radius 3 is 2.65 bits per heavy atom. The van der Waals surface area contributed by atoms with Crippen LogP contribution in [-0.4, -0.2) is 32.0 Å². The number of ether oxygens (including phenoxy) is 1. The van der Waals surface area contributed by atoms with E-state index in [4.69, 9.17) is 4.74 Å². The number of nitrogens with zero attached hydrogens (tertiary/aromatic N) is 1. The molecule has 1 atom stereocenters. The average Bonchev–Trinajstić information content (AvgIpc) is 2.61. The SMILES string of the molecule is CCOc1cncc(NS(=O)(=O)c2ccccc2C(=O)NC(C)CC)c1. The molecule has 8 heteroatoms. The second-order valence-electron chi connectivity index (χ2n) is 5.73. The van der Waals surface area contributed by atoms with Crippen LogP contribution in [0.25, 0.3) is 0 Å². The predicted molar refractivity (Wildman–Crippen MR) is 99.9 cm³/mol. The number of anilines is 1. The van der Waals surface area contributed by atoms with Gasteiger partial charge in [0.2, 0.25) is 0 Å². The van der Waals surface area contributed by atoms with Gasteiger partial charge in [-0.3, -0.25) is 14.5 Å². The van der Waals surface area contributed by atoms with E-state index in [0.717, 1.165) is 6.42 Å². The van der Waals surface area contributed by atoms with Gasteiger partial charge in [-0.25, -0.2) is 8.42 Å². The average molecular weight is 377 g/mol. The number of sulfonamides is 1. The summed E-state index contributed by atoms with van der Waals surface area (Å²) in [4.78, 5) is 16.3. The first kappa shape index (κ1) is 19.7. The van der Waals surface area contributed by atoms with Crippen molar-refractivity contribution in [1.82, 2.24) is 10.3 Å². The minimum atomic E-state index is -3.97. The van der Waals surface area contributed by atoms with Crippen molar-refractivity contribution in [2.24, 2.45) is 0 Å². The second-order valence-corrected chi connectivity index (χ2v) is 7.38. The Bertz CT molecular complexity index is 868. The van der Waals surface area contributed by atoms with Crippen molar-refractivity contribution in [3.8, 4) is 5.75 Å². The molecular weight excluding hydrogens is 354 g/mol. The highest BCUT2D eigenvalue weighted by Gasteiger charge is 2.23. The van der Waals surface area contributed by atoms with E-state index in [0.29, 0.717) is 12.4 Å². The summed E-state index contributed by atoms with van der Waals surface area (Å²) < 4.78 is 33.4. The number of hydrogen-bond donors (Lipinski definition) is 2. The van der Waals surface area contributed by atoms with Gasteiger partial charge >= 0.3 is 0 Å². The Labute approximate surface area is 153 Å².